The van der Waals surface area contributed by atoms with Gasteiger partial charge >= 0.3 is 11.9 Å². The monoisotopic (exact) mass is 231 g/mol. The highest BCUT2D eigenvalue weighted by molar-refractivity contribution is 5.95. The fourth-order valence-corrected chi connectivity index (χ4v) is 1.23. The smallest absolute Gasteiger partial charge is 0.339 e. The minimum atomic E-state index is -1.02. The third-order valence-corrected chi connectivity index (χ3v) is 1.86. The zero-order valence-corrected chi connectivity index (χ0v) is 10.8. The van der Waals surface area contributed by atoms with Crippen LogP contribution in [0.15, 0.2) is 0 Å². The van der Waals surface area contributed by atoms with Gasteiger partial charge in [0.05, 0.1) is 0 Å². The second kappa shape index (κ2) is 4.82. The molecule has 5 nitrogen and oxygen atoms in total. The first-order chi connectivity index (χ1) is 6.99. The van der Waals surface area contributed by atoms with Gasteiger partial charge in [0.15, 0.2) is 5.92 Å². The molecule has 0 radical (unpaired) electrons. The largest absolute Gasteiger partial charge is 0.459 e. The van der Waals surface area contributed by atoms with E-state index in [9.17, 15) is 9.59 Å². The normalized spacial score (nSPS) is 14.2. The molecule has 0 aliphatic rings. The summed E-state index contributed by atoms with van der Waals surface area (Å²) in [7, 11) is 0. The maximum Gasteiger partial charge on any atom is 0.339 e. The Kier molecular flexibility index (Phi) is 4.49. The molecule has 0 saturated heterocycles. The van der Waals surface area contributed by atoms with Crippen LogP contribution in [-0.2, 0) is 19.2 Å². The number of rotatable bonds is 2. The third kappa shape index (κ3) is 4.61. The molecule has 94 valence electrons. The fourth-order valence-electron chi connectivity index (χ4n) is 1.23. The molecule has 16 heavy (non-hydrogen) atoms. The van der Waals surface area contributed by atoms with Crippen molar-refractivity contribution in [3.8, 4) is 0 Å². The van der Waals surface area contributed by atoms with Crippen molar-refractivity contribution in [3.63, 3.8) is 0 Å². The highest BCUT2D eigenvalue weighted by atomic mass is 16.7. The van der Waals surface area contributed by atoms with Gasteiger partial charge in [0.25, 0.3) is 0 Å². The van der Waals surface area contributed by atoms with E-state index in [-0.39, 0.29) is 0 Å². The summed E-state index contributed by atoms with van der Waals surface area (Å²) in [6.07, 6.45) is 0. The number of esters is 1. The first kappa shape index (κ1) is 14.9. The zero-order chi connectivity index (χ0) is 13.1. The lowest BCUT2D eigenvalue weighted by Crippen LogP contribution is -2.41. The van der Waals surface area contributed by atoms with E-state index in [1.165, 1.54) is 0 Å². The van der Waals surface area contributed by atoms with Gasteiger partial charge in [-0.1, -0.05) is 20.8 Å². The van der Waals surface area contributed by atoms with Gasteiger partial charge < -0.3 is 9.57 Å². The Morgan fingerprint density at radius 2 is 1.44 bits per heavy atom. The van der Waals surface area contributed by atoms with E-state index in [1.54, 1.807) is 41.5 Å². The van der Waals surface area contributed by atoms with Crippen molar-refractivity contribution < 1.29 is 19.2 Å². The molecular weight excluding hydrogens is 210 g/mol. The van der Waals surface area contributed by atoms with Crippen molar-refractivity contribution in [1.82, 2.24) is 0 Å². The summed E-state index contributed by atoms with van der Waals surface area (Å²) in [5.41, 5.74) is -1.24. The van der Waals surface area contributed by atoms with Crippen molar-refractivity contribution in [2.75, 3.05) is 0 Å². The van der Waals surface area contributed by atoms with Crippen LogP contribution in [0, 0.1) is 11.3 Å². The van der Waals surface area contributed by atoms with Gasteiger partial charge in [-0.3, -0.25) is 4.79 Å². The molecule has 0 aliphatic carbocycles. The average Bonchev–Trinajstić information content (AvgIpc) is 1.97. The minimum absolute atomic E-state index is 0.598. The number of carbonyl (C=O) groups excluding carboxylic acids is 2. The first-order valence-corrected chi connectivity index (χ1v) is 5.12. The molecule has 0 aromatic rings. The summed E-state index contributed by atoms with van der Waals surface area (Å²) in [5.74, 6) is 2.41. The van der Waals surface area contributed by atoms with E-state index in [0.717, 1.165) is 0 Å². The molecule has 0 aromatic heterocycles. The molecule has 0 fully saturated rings. The van der Waals surface area contributed by atoms with Crippen LogP contribution in [0.4, 0.5) is 0 Å². The summed E-state index contributed by atoms with van der Waals surface area (Å²) < 4.78 is 5.15. The summed E-state index contributed by atoms with van der Waals surface area (Å²) in [5, 5.41) is 0. The lowest BCUT2D eigenvalue weighted by Gasteiger charge is -2.29. The Bertz CT molecular complexity index is 273. The molecule has 0 spiro atoms. The average molecular weight is 231 g/mol. The molecule has 0 rings (SSSR count). The van der Waals surface area contributed by atoms with E-state index in [2.05, 4.69) is 4.84 Å². The summed E-state index contributed by atoms with van der Waals surface area (Å²) in [6.45, 7) is 10.4. The minimum Gasteiger partial charge on any atom is -0.459 e. The van der Waals surface area contributed by atoms with Crippen LogP contribution in [0.5, 0.6) is 0 Å². The van der Waals surface area contributed by atoms with E-state index >= 15 is 0 Å². The molecule has 0 amide bonds. The Hall–Kier alpha value is -1.10. The van der Waals surface area contributed by atoms with Crippen molar-refractivity contribution in [3.05, 3.63) is 0 Å². The summed E-state index contributed by atoms with van der Waals surface area (Å²) in [4.78, 5) is 27.4. The predicted octanol–water partition coefficient (Wildman–Crippen LogP) is 1.41. The van der Waals surface area contributed by atoms with Gasteiger partial charge in [-0.15, -0.1) is 0 Å². The number of carbonyl (C=O) groups is 2. The van der Waals surface area contributed by atoms with Gasteiger partial charge in [0.1, 0.15) is 5.60 Å². The molecule has 0 bridgehead atoms. The van der Waals surface area contributed by atoms with E-state index < -0.39 is 28.9 Å². The van der Waals surface area contributed by atoms with Gasteiger partial charge in [-0.25, -0.2) is 4.79 Å². The van der Waals surface area contributed by atoms with E-state index in [0.29, 0.717) is 0 Å². The van der Waals surface area contributed by atoms with Crippen LogP contribution in [0.1, 0.15) is 41.5 Å². The second-order valence-electron chi connectivity index (χ2n) is 5.77. The molecule has 0 aliphatic heterocycles. The summed E-state index contributed by atoms with van der Waals surface area (Å²) in [6, 6.07) is 0. The Balaban J connectivity index is 4.93. The van der Waals surface area contributed by atoms with Crippen molar-refractivity contribution in [1.29, 1.82) is 0 Å². The number of hydrogen-bond donors (Lipinski definition) is 1. The van der Waals surface area contributed by atoms with Crippen LogP contribution in [-0.4, -0.2) is 17.5 Å². The maximum atomic E-state index is 11.8. The van der Waals surface area contributed by atoms with Crippen LogP contribution < -0.4 is 5.90 Å². The number of ether oxygens (including phenoxy) is 1. The fraction of sp³-hybridized carbons (Fsp3) is 0.818. The molecule has 1 atom stereocenters. The van der Waals surface area contributed by atoms with Gasteiger partial charge in [0, 0.05) is 0 Å². The van der Waals surface area contributed by atoms with Crippen molar-refractivity contribution in [2.24, 2.45) is 17.2 Å². The lowest BCUT2D eigenvalue weighted by atomic mass is 9.80. The highest BCUT2D eigenvalue weighted by Gasteiger charge is 2.41. The third-order valence-electron chi connectivity index (χ3n) is 1.86. The first-order valence-electron chi connectivity index (χ1n) is 5.12. The Labute approximate surface area is 96.2 Å². The summed E-state index contributed by atoms with van der Waals surface area (Å²) >= 11 is 0. The molecule has 0 saturated carbocycles. The standard InChI is InChI=1S/C11H21NO4/c1-10(2,3)7(9(14)16-12)8(13)15-11(4,5)6/h7H,12H2,1-6H3. The molecule has 0 heterocycles. The molecule has 5 heteroatoms. The Morgan fingerprint density at radius 3 is 1.69 bits per heavy atom. The topological polar surface area (TPSA) is 78.6 Å². The van der Waals surface area contributed by atoms with E-state index in [4.69, 9.17) is 10.6 Å². The highest BCUT2D eigenvalue weighted by Crippen LogP contribution is 2.29. The van der Waals surface area contributed by atoms with Crippen LogP contribution in [0.25, 0.3) is 0 Å². The van der Waals surface area contributed by atoms with Crippen LogP contribution >= 0.6 is 0 Å². The molecule has 0 aromatic carbocycles. The van der Waals surface area contributed by atoms with Crippen LogP contribution in [0.2, 0.25) is 0 Å². The van der Waals surface area contributed by atoms with Gasteiger partial charge in [0.2, 0.25) is 0 Å². The maximum absolute atomic E-state index is 11.8. The molecule has 2 N–H and O–H groups in total. The second-order valence-corrected chi connectivity index (χ2v) is 5.77. The van der Waals surface area contributed by atoms with Crippen molar-refractivity contribution >= 4 is 11.9 Å². The SMILES string of the molecule is CC(C)(C)OC(=O)C(C(=O)ON)C(C)(C)C. The quantitative estimate of drug-likeness (QED) is 0.441. The van der Waals surface area contributed by atoms with Gasteiger partial charge in [-0.2, -0.15) is 5.90 Å². The number of nitrogens with two attached hydrogens (primary N) is 1. The molecule has 1 unspecified atom stereocenters. The van der Waals surface area contributed by atoms with Gasteiger partial charge in [-0.05, 0) is 26.2 Å². The molecular formula is C11H21NO4. The van der Waals surface area contributed by atoms with Crippen LogP contribution in [0.3, 0.4) is 0 Å². The lowest BCUT2D eigenvalue weighted by molar-refractivity contribution is -0.174. The Morgan fingerprint density at radius 1 is 1.00 bits per heavy atom. The number of hydrogen-bond acceptors (Lipinski definition) is 5. The van der Waals surface area contributed by atoms with Crippen molar-refractivity contribution in [2.45, 2.75) is 47.1 Å². The predicted molar refractivity (Wildman–Crippen MR) is 59.1 cm³/mol. The van der Waals surface area contributed by atoms with E-state index in [1.807, 2.05) is 0 Å². The zero-order valence-electron chi connectivity index (χ0n) is 10.8.